The second-order valence-electron chi connectivity index (χ2n) is 8.33. The van der Waals surface area contributed by atoms with Gasteiger partial charge in [0.1, 0.15) is 0 Å². The number of aryl methyl sites for hydroxylation is 1. The Bertz CT molecular complexity index is 1600. The van der Waals surface area contributed by atoms with E-state index in [1.807, 2.05) is 0 Å². The number of halogens is 6. The van der Waals surface area contributed by atoms with Crippen LogP contribution in [0.1, 0.15) is 22.3 Å². The van der Waals surface area contributed by atoms with E-state index in [4.69, 9.17) is 0 Å². The van der Waals surface area contributed by atoms with Crippen molar-refractivity contribution in [1.29, 1.82) is 5.26 Å². The first kappa shape index (κ1) is 23.4. The Morgan fingerprint density at radius 1 is 0.750 bits per heavy atom. The fraction of sp³-hybridized carbons (Fsp3) is 0.111. The number of aromatic nitrogens is 2. The van der Waals surface area contributed by atoms with Gasteiger partial charge in [0.05, 0.1) is 33.8 Å². The van der Waals surface area contributed by atoms with Gasteiger partial charge in [0, 0.05) is 34.4 Å². The molecule has 180 valence electrons. The van der Waals surface area contributed by atoms with Crippen LogP contribution in [-0.2, 0) is 12.4 Å². The van der Waals surface area contributed by atoms with Gasteiger partial charge in [-0.2, -0.15) is 31.6 Å². The molecule has 0 saturated heterocycles. The summed E-state index contributed by atoms with van der Waals surface area (Å²) in [6.45, 7) is 1.73. The number of fused-ring (bicyclic) bond motifs is 3. The monoisotopic (exact) mass is 495 g/mol. The van der Waals surface area contributed by atoms with Crippen LogP contribution in [0.5, 0.6) is 0 Å². The zero-order valence-electron chi connectivity index (χ0n) is 18.5. The zero-order valence-corrected chi connectivity index (χ0v) is 18.5. The third-order valence-electron chi connectivity index (χ3n) is 6.11. The third kappa shape index (κ3) is 3.85. The normalized spacial score (nSPS) is 12.3. The van der Waals surface area contributed by atoms with Crippen molar-refractivity contribution in [3.05, 3.63) is 95.3 Å². The Hall–Kier alpha value is -4.32. The maximum absolute atomic E-state index is 13.5. The lowest BCUT2D eigenvalue weighted by Gasteiger charge is -2.15. The topological polar surface area (TPSA) is 41.6 Å². The Kier molecular flexibility index (Phi) is 5.29. The molecule has 2 aromatic heterocycles. The van der Waals surface area contributed by atoms with Crippen LogP contribution in [0.3, 0.4) is 0 Å². The highest BCUT2D eigenvalue weighted by atomic mass is 19.4. The van der Waals surface area contributed by atoms with Crippen LogP contribution in [0.4, 0.5) is 26.3 Å². The van der Waals surface area contributed by atoms with E-state index < -0.39 is 23.5 Å². The molecule has 0 aliphatic heterocycles. The largest absolute Gasteiger partial charge is 0.416 e. The molecule has 2 heterocycles. The smallest absolute Gasteiger partial charge is 0.309 e. The van der Waals surface area contributed by atoms with Crippen LogP contribution in [0, 0.1) is 18.3 Å². The first-order valence-corrected chi connectivity index (χ1v) is 10.7. The molecule has 0 radical (unpaired) electrons. The predicted octanol–water partition coefficient (Wildman–Crippen LogP) is 8.06. The molecule has 0 bridgehead atoms. The Balaban J connectivity index is 1.89. The lowest BCUT2D eigenvalue weighted by atomic mass is 9.97. The molecule has 5 rings (SSSR count). The molecule has 0 fully saturated rings. The fourth-order valence-electron chi connectivity index (χ4n) is 4.44. The minimum absolute atomic E-state index is 0.0418. The molecule has 9 heteroatoms. The van der Waals surface area contributed by atoms with Crippen LogP contribution in [-0.4, -0.2) is 9.55 Å². The van der Waals surface area contributed by atoms with Crippen LogP contribution < -0.4 is 0 Å². The molecule has 0 N–H and O–H groups in total. The number of hydrogen-bond donors (Lipinski definition) is 0. The molecule has 5 aromatic rings. The molecule has 0 aliphatic carbocycles. The van der Waals surface area contributed by atoms with Gasteiger partial charge < -0.3 is 4.57 Å². The van der Waals surface area contributed by atoms with Crippen molar-refractivity contribution in [3.8, 4) is 22.9 Å². The van der Waals surface area contributed by atoms with Gasteiger partial charge in [0.15, 0.2) is 0 Å². The van der Waals surface area contributed by atoms with Gasteiger partial charge in [-0.15, -0.1) is 0 Å². The van der Waals surface area contributed by atoms with Crippen molar-refractivity contribution in [3.63, 3.8) is 0 Å². The number of rotatable bonds is 2. The average molecular weight is 495 g/mol. The van der Waals surface area contributed by atoms with Gasteiger partial charge in [-0.1, -0.05) is 0 Å². The molecular formula is C27H15F6N3. The summed E-state index contributed by atoms with van der Waals surface area (Å²) in [4.78, 5) is 3.98. The van der Waals surface area contributed by atoms with Crippen molar-refractivity contribution in [2.24, 2.45) is 0 Å². The van der Waals surface area contributed by atoms with Gasteiger partial charge in [-0.3, -0.25) is 4.98 Å². The second kappa shape index (κ2) is 8.12. The molecule has 36 heavy (non-hydrogen) atoms. The summed E-state index contributed by atoms with van der Waals surface area (Å²) in [5.41, 5.74) is 1.50. The molecule has 0 spiro atoms. The van der Waals surface area contributed by atoms with Crippen LogP contribution in [0.2, 0.25) is 0 Å². The average Bonchev–Trinajstić information content (AvgIpc) is 3.16. The van der Waals surface area contributed by atoms with Crippen molar-refractivity contribution in [2.45, 2.75) is 19.3 Å². The number of benzene rings is 3. The highest BCUT2D eigenvalue weighted by molar-refractivity contribution is 6.10. The lowest BCUT2D eigenvalue weighted by molar-refractivity contribution is -0.138. The molecular weight excluding hydrogens is 480 g/mol. The number of pyridine rings is 1. The standard InChI is InChI=1S/C27H15F6N3/c1-15-10-17(14-34)20(16-6-8-35-9-7-16)13-25(15)36-23-4-2-18(26(28,29)30)11-21(23)22-12-19(27(31,32)33)3-5-24(22)36/h2-13H,1H3. The van der Waals surface area contributed by atoms with Crippen molar-refractivity contribution < 1.29 is 26.3 Å². The van der Waals surface area contributed by atoms with Gasteiger partial charge in [-0.05, 0) is 78.7 Å². The van der Waals surface area contributed by atoms with Crippen molar-refractivity contribution in [1.82, 2.24) is 9.55 Å². The summed E-state index contributed by atoms with van der Waals surface area (Å²) in [5.74, 6) is 0. The van der Waals surface area contributed by atoms with Gasteiger partial charge in [-0.25, -0.2) is 0 Å². The SMILES string of the molecule is Cc1cc(C#N)c(-c2ccncc2)cc1-n1c2ccc(C(F)(F)F)cc2c2cc(C(F)(F)F)ccc21. The first-order valence-electron chi connectivity index (χ1n) is 10.7. The predicted molar refractivity (Wildman–Crippen MR) is 123 cm³/mol. The minimum Gasteiger partial charge on any atom is -0.309 e. The van der Waals surface area contributed by atoms with E-state index in [1.54, 1.807) is 48.1 Å². The highest BCUT2D eigenvalue weighted by Gasteiger charge is 2.33. The zero-order chi connectivity index (χ0) is 25.8. The number of hydrogen-bond acceptors (Lipinski definition) is 2. The number of alkyl halides is 6. The quantitative estimate of drug-likeness (QED) is 0.233. The van der Waals surface area contributed by atoms with E-state index in [2.05, 4.69) is 11.1 Å². The third-order valence-corrected chi connectivity index (χ3v) is 6.11. The van der Waals surface area contributed by atoms with E-state index in [9.17, 15) is 31.6 Å². The maximum Gasteiger partial charge on any atom is 0.416 e. The Labute approximate surface area is 200 Å². The summed E-state index contributed by atoms with van der Waals surface area (Å²) in [5, 5.41) is 9.78. The molecule has 0 atom stereocenters. The fourth-order valence-corrected chi connectivity index (χ4v) is 4.44. The minimum atomic E-state index is -4.66. The second-order valence-corrected chi connectivity index (χ2v) is 8.33. The summed E-state index contributed by atoms with van der Waals surface area (Å²) < 4.78 is 82.5. The van der Waals surface area contributed by atoms with Crippen LogP contribution in [0.25, 0.3) is 38.6 Å². The van der Waals surface area contributed by atoms with Gasteiger partial charge in [0.2, 0.25) is 0 Å². The molecule has 3 nitrogen and oxygen atoms in total. The van der Waals surface area contributed by atoms with Crippen LogP contribution in [0.15, 0.2) is 73.1 Å². The summed E-state index contributed by atoms with van der Waals surface area (Å²) in [6, 6.07) is 15.0. The molecule has 0 unspecified atom stereocenters. The van der Waals surface area contributed by atoms with Crippen LogP contribution >= 0.6 is 0 Å². The molecule has 0 amide bonds. The maximum atomic E-state index is 13.5. The van der Waals surface area contributed by atoms with E-state index in [1.165, 1.54) is 12.1 Å². The highest BCUT2D eigenvalue weighted by Crippen LogP contribution is 2.41. The Morgan fingerprint density at radius 3 is 1.75 bits per heavy atom. The molecule has 0 aliphatic rings. The first-order chi connectivity index (χ1) is 17.0. The van der Waals surface area contributed by atoms with E-state index in [0.29, 0.717) is 39.0 Å². The van der Waals surface area contributed by atoms with E-state index in [0.717, 1.165) is 24.3 Å². The molecule has 3 aromatic carbocycles. The molecule has 0 saturated carbocycles. The summed E-state index contributed by atoms with van der Waals surface area (Å²) in [7, 11) is 0. The summed E-state index contributed by atoms with van der Waals surface area (Å²) in [6.07, 6.45) is -6.20. The van der Waals surface area contributed by atoms with Gasteiger partial charge >= 0.3 is 12.4 Å². The summed E-state index contributed by atoms with van der Waals surface area (Å²) >= 11 is 0. The Morgan fingerprint density at radius 2 is 1.28 bits per heavy atom. The van der Waals surface area contributed by atoms with Crippen molar-refractivity contribution >= 4 is 21.8 Å². The van der Waals surface area contributed by atoms with Gasteiger partial charge in [0.25, 0.3) is 0 Å². The van der Waals surface area contributed by atoms with E-state index >= 15 is 0 Å². The van der Waals surface area contributed by atoms with E-state index in [-0.39, 0.29) is 10.8 Å². The number of nitriles is 1. The van der Waals surface area contributed by atoms with Crippen molar-refractivity contribution in [2.75, 3.05) is 0 Å². The lowest BCUT2D eigenvalue weighted by Crippen LogP contribution is -2.04. The number of nitrogens with zero attached hydrogens (tertiary/aromatic N) is 3.